The molecule has 0 heterocycles. The van der Waals surface area contributed by atoms with Crippen molar-refractivity contribution in [3.63, 3.8) is 0 Å². The van der Waals surface area contributed by atoms with Crippen molar-refractivity contribution in [1.29, 1.82) is 0 Å². The van der Waals surface area contributed by atoms with E-state index in [0.29, 0.717) is 17.1 Å². The Morgan fingerprint density at radius 2 is 1.95 bits per heavy atom. The van der Waals surface area contributed by atoms with E-state index >= 15 is 0 Å². The summed E-state index contributed by atoms with van der Waals surface area (Å²) in [5, 5.41) is 2.73. The van der Waals surface area contributed by atoms with Gasteiger partial charge in [-0.2, -0.15) is 0 Å². The van der Waals surface area contributed by atoms with Crippen LogP contribution in [0.2, 0.25) is 0 Å². The Labute approximate surface area is 116 Å². The first-order valence-electron chi connectivity index (χ1n) is 6.06. The van der Waals surface area contributed by atoms with Gasteiger partial charge in [0.2, 0.25) is 5.91 Å². The average Bonchev–Trinajstić information content (AvgIpc) is 2.41. The minimum atomic E-state index is -0.322. The molecule has 2 rings (SSSR count). The number of carbonyl (C=O) groups excluding carboxylic acids is 1. The standard InChI is InChI=1S/C15H15FN2O2/c1-20-14-7-6-12(9-13(14)17)18-15(19)8-10-2-4-11(16)5-3-10/h2-7,9H,8,17H2,1H3,(H,18,19). The third kappa shape index (κ3) is 3.47. The fraction of sp³-hybridized carbons (Fsp3) is 0.133. The topological polar surface area (TPSA) is 64.3 Å². The molecular weight excluding hydrogens is 259 g/mol. The Bertz CT molecular complexity index is 612. The van der Waals surface area contributed by atoms with Gasteiger partial charge in [0.1, 0.15) is 11.6 Å². The van der Waals surface area contributed by atoms with E-state index in [4.69, 9.17) is 10.5 Å². The summed E-state index contributed by atoms with van der Waals surface area (Å²) >= 11 is 0. The largest absolute Gasteiger partial charge is 0.495 e. The number of carbonyl (C=O) groups is 1. The zero-order valence-corrected chi connectivity index (χ0v) is 11.0. The van der Waals surface area contributed by atoms with Gasteiger partial charge in [-0.25, -0.2) is 4.39 Å². The zero-order chi connectivity index (χ0) is 14.5. The molecule has 0 aliphatic heterocycles. The zero-order valence-electron chi connectivity index (χ0n) is 11.0. The predicted molar refractivity (Wildman–Crippen MR) is 76.1 cm³/mol. The van der Waals surface area contributed by atoms with Gasteiger partial charge in [-0.05, 0) is 35.9 Å². The third-order valence-corrected chi connectivity index (χ3v) is 2.79. The molecule has 104 valence electrons. The molecule has 0 saturated carbocycles. The van der Waals surface area contributed by atoms with E-state index in [9.17, 15) is 9.18 Å². The molecule has 0 bridgehead atoms. The molecule has 5 heteroatoms. The number of halogens is 1. The minimum absolute atomic E-state index is 0.173. The summed E-state index contributed by atoms with van der Waals surface area (Å²) < 4.78 is 17.8. The maximum Gasteiger partial charge on any atom is 0.228 e. The van der Waals surface area contributed by atoms with E-state index in [0.717, 1.165) is 5.56 Å². The molecule has 0 radical (unpaired) electrons. The van der Waals surface area contributed by atoms with E-state index in [1.165, 1.54) is 19.2 Å². The number of hydrogen-bond acceptors (Lipinski definition) is 3. The van der Waals surface area contributed by atoms with Gasteiger partial charge < -0.3 is 15.8 Å². The molecule has 0 spiro atoms. The summed E-state index contributed by atoms with van der Waals surface area (Å²) in [5.74, 6) is 0.0415. The molecule has 3 N–H and O–H groups in total. The minimum Gasteiger partial charge on any atom is -0.495 e. The maximum absolute atomic E-state index is 12.8. The second-order valence-corrected chi connectivity index (χ2v) is 4.31. The van der Waals surface area contributed by atoms with Crippen LogP contribution in [0.4, 0.5) is 15.8 Å². The van der Waals surface area contributed by atoms with Crippen LogP contribution in [-0.2, 0) is 11.2 Å². The van der Waals surface area contributed by atoms with Crippen LogP contribution in [0, 0.1) is 5.82 Å². The third-order valence-electron chi connectivity index (χ3n) is 2.79. The molecule has 0 atom stereocenters. The second-order valence-electron chi connectivity index (χ2n) is 4.31. The molecule has 0 aromatic heterocycles. The molecule has 0 aliphatic rings. The fourth-order valence-corrected chi connectivity index (χ4v) is 1.80. The van der Waals surface area contributed by atoms with E-state index < -0.39 is 0 Å². The lowest BCUT2D eigenvalue weighted by Gasteiger charge is -2.09. The number of anilines is 2. The monoisotopic (exact) mass is 274 g/mol. The van der Waals surface area contributed by atoms with Gasteiger partial charge in [-0.1, -0.05) is 12.1 Å². The fourth-order valence-electron chi connectivity index (χ4n) is 1.80. The number of hydrogen-bond donors (Lipinski definition) is 2. The SMILES string of the molecule is COc1ccc(NC(=O)Cc2ccc(F)cc2)cc1N. The molecule has 0 saturated heterocycles. The lowest BCUT2D eigenvalue weighted by atomic mass is 10.1. The van der Waals surface area contributed by atoms with Gasteiger partial charge in [-0.15, -0.1) is 0 Å². The molecular formula is C15H15FN2O2. The van der Waals surface area contributed by atoms with E-state index in [2.05, 4.69) is 5.32 Å². The molecule has 2 aromatic carbocycles. The van der Waals surface area contributed by atoms with Crippen LogP contribution in [0.15, 0.2) is 42.5 Å². The second kappa shape index (κ2) is 6.06. The molecule has 0 unspecified atom stereocenters. The molecule has 0 aliphatic carbocycles. The molecule has 20 heavy (non-hydrogen) atoms. The van der Waals surface area contributed by atoms with Crippen LogP contribution in [0.3, 0.4) is 0 Å². The number of rotatable bonds is 4. The highest BCUT2D eigenvalue weighted by Crippen LogP contribution is 2.24. The Morgan fingerprint density at radius 1 is 1.25 bits per heavy atom. The quantitative estimate of drug-likeness (QED) is 0.842. The van der Waals surface area contributed by atoms with Gasteiger partial charge in [0, 0.05) is 5.69 Å². The summed E-state index contributed by atoms with van der Waals surface area (Å²) in [4.78, 5) is 11.9. The highest BCUT2D eigenvalue weighted by Gasteiger charge is 2.06. The summed E-state index contributed by atoms with van der Waals surface area (Å²) in [6.45, 7) is 0. The van der Waals surface area contributed by atoms with Crippen molar-refractivity contribution in [3.8, 4) is 5.75 Å². The Morgan fingerprint density at radius 3 is 2.55 bits per heavy atom. The highest BCUT2D eigenvalue weighted by atomic mass is 19.1. The number of nitrogen functional groups attached to an aromatic ring is 1. The molecule has 2 aromatic rings. The predicted octanol–water partition coefficient (Wildman–Crippen LogP) is 2.60. The van der Waals surface area contributed by atoms with Crippen molar-refractivity contribution in [2.75, 3.05) is 18.2 Å². The summed E-state index contributed by atoms with van der Waals surface area (Å²) in [6, 6.07) is 10.8. The normalized spacial score (nSPS) is 10.1. The lowest BCUT2D eigenvalue weighted by Crippen LogP contribution is -2.14. The van der Waals surface area contributed by atoms with E-state index in [1.54, 1.807) is 30.3 Å². The lowest BCUT2D eigenvalue weighted by molar-refractivity contribution is -0.115. The Kier molecular flexibility index (Phi) is 4.20. The van der Waals surface area contributed by atoms with Gasteiger partial charge in [0.15, 0.2) is 0 Å². The number of amides is 1. The smallest absolute Gasteiger partial charge is 0.228 e. The van der Waals surface area contributed by atoms with E-state index in [-0.39, 0.29) is 18.1 Å². The number of benzene rings is 2. The van der Waals surface area contributed by atoms with Crippen LogP contribution in [0.25, 0.3) is 0 Å². The average molecular weight is 274 g/mol. The van der Waals surface area contributed by atoms with Crippen LogP contribution in [-0.4, -0.2) is 13.0 Å². The highest BCUT2D eigenvalue weighted by molar-refractivity contribution is 5.92. The van der Waals surface area contributed by atoms with Crippen molar-refractivity contribution in [2.24, 2.45) is 0 Å². The summed E-state index contributed by atoms with van der Waals surface area (Å²) in [6.07, 6.45) is 0.173. The van der Waals surface area contributed by atoms with Crippen LogP contribution >= 0.6 is 0 Å². The first-order valence-corrected chi connectivity index (χ1v) is 6.06. The van der Waals surface area contributed by atoms with Crippen molar-refractivity contribution >= 4 is 17.3 Å². The Hall–Kier alpha value is -2.56. The number of nitrogens with one attached hydrogen (secondary N) is 1. The number of nitrogens with two attached hydrogens (primary N) is 1. The van der Waals surface area contributed by atoms with Crippen molar-refractivity contribution in [3.05, 3.63) is 53.8 Å². The van der Waals surface area contributed by atoms with Crippen LogP contribution < -0.4 is 15.8 Å². The summed E-state index contributed by atoms with van der Waals surface area (Å²) in [5.41, 5.74) is 7.54. The van der Waals surface area contributed by atoms with E-state index in [1.807, 2.05) is 0 Å². The Balaban J connectivity index is 2.01. The van der Waals surface area contributed by atoms with Crippen molar-refractivity contribution in [1.82, 2.24) is 0 Å². The molecule has 1 amide bonds. The van der Waals surface area contributed by atoms with Gasteiger partial charge in [0.05, 0.1) is 19.2 Å². The number of ether oxygens (including phenoxy) is 1. The number of methoxy groups -OCH3 is 1. The van der Waals surface area contributed by atoms with Crippen molar-refractivity contribution in [2.45, 2.75) is 6.42 Å². The molecule has 4 nitrogen and oxygen atoms in total. The molecule has 0 fully saturated rings. The van der Waals surface area contributed by atoms with Crippen molar-refractivity contribution < 1.29 is 13.9 Å². The first-order chi connectivity index (χ1) is 9.58. The van der Waals surface area contributed by atoms with Gasteiger partial charge in [0.25, 0.3) is 0 Å². The van der Waals surface area contributed by atoms with Gasteiger partial charge in [-0.3, -0.25) is 4.79 Å². The van der Waals surface area contributed by atoms with Crippen LogP contribution in [0.5, 0.6) is 5.75 Å². The first kappa shape index (κ1) is 13.9. The van der Waals surface area contributed by atoms with Crippen LogP contribution in [0.1, 0.15) is 5.56 Å². The maximum atomic E-state index is 12.8. The van der Waals surface area contributed by atoms with Gasteiger partial charge >= 0.3 is 0 Å². The summed E-state index contributed by atoms with van der Waals surface area (Å²) in [7, 11) is 1.53.